The molecule has 2 aromatic rings. The molecule has 10 heteroatoms. The summed E-state index contributed by atoms with van der Waals surface area (Å²) < 4.78 is 44.7. The smallest absolute Gasteiger partial charge is 0.323 e. The van der Waals surface area contributed by atoms with Gasteiger partial charge in [0.2, 0.25) is 0 Å². The van der Waals surface area contributed by atoms with Crippen LogP contribution in [0.3, 0.4) is 0 Å². The molecule has 1 heterocycles. The first kappa shape index (κ1) is 24.1. The van der Waals surface area contributed by atoms with Gasteiger partial charge in [-0.1, -0.05) is 28.1 Å². The molecule has 0 radical (unpaired) electrons. The van der Waals surface area contributed by atoms with E-state index in [1.54, 1.807) is 30.3 Å². The third-order valence-corrected chi connectivity index (χ3v) is 7.61. The molecule has 0 aromatic heterocycles. The van der Waals surface area contributed by atoms with Gasteiger partial charge in [0.1, 0.15) is 11.9 Å². The van der Waals surface area contributed by atoms with E-state index in [-0.39, 0.29) is 17.9 Å². The van der Waals surface area contributed by atoms with Gasteiger partial charge in [0.15, 0.2) is 5.41 Å². The van der Waals surface area contributed by atoms with Crippen LogP contribution in [0.25, 0.3) is 0 Å². The van der Waals surface area contributed by atoms with Gasteiger partial charge in [-0.25, -0.2) is 8.42 Å². The number of esters is 2. The van der Waals surface area contributed by atoms with E-state index >= 15 is 0 Å². The van der Waals surface area contributed by atoms with E-state index < -0.39 is 33.5 Å². The highest BCUT2D eigenvalue weighted by molar-refractivity contribution is 9.10. The van der Waals surface area contributed by atoms with Crippen LogP contribution in [-0.2, 0) is 29.1 Å². The maximum absolute atomic E-state index is 13.6. The molecule has 1 atom stereocenters. The van der Waals surface area contributed by atoms with Gasteiger partial charge in [-0.3, -0.25) is 13.9 Å². The summed E-state index contributed by atoms with van der Waals surface area (Å²) >= 11 is 3.37. The number of carbonyl (C=O) groups excluding carboxylic acids is 2. The molecule has 172 valence electrons. The van der Waals surface area contributed by atoms with Crippen molar-refractivity contribution in [2.24, 2.45) is 5.41 Å². The third-order valence-electron chi connectivity index (χ3n) is 5.34. The van der Waals surface area contributed by atoms with Gasteiger partial charge in [-0.2, -0.15) is 0 Å². The first-order chi connectivity index (χ1) is 15.0. The Kier molecular flexibility index (Phi) is 6.85. The Morgan fingerprint density at radius 2 is 1.81 bits per heavy atom. The van der Waals surface area contributed by atoms with Crippen molar-refractivity contribution >= 4 is 43.6 Å². The molecule has 0 unspecified atom stereocenters. The Morgan fingerprint density at radius 3 is 2.41 bits per heavy atom. The highest BCUT2D eigenvalue weighted by Gasteiger charge is 2.48. The number of fused-ring (bicyclic) bond motifs is 1. The first-order valence-electron chi connectivity index (χ1n) is 9.75. The number of hydrogen-bond donors (Lipinski definition) is 0. The van der Waals surface area contributed by atoms with Crippen LogP contribution in [0.4, 0.5) is 5.69 Å². The normalized spacial score (nSPS) is 16.0. The molecule has 1 aliphatic heterocycles. The Hall–Kier alpha value is -2.59. The third kappa shape index (κ3) is 4.47. The average molecular weight is 526 g/mol. The molecule has 32 heavy (non-hydrogen) atoms. The van der Waals surface area contributed by atoms with Crippen molar-refractivity contribution in [1.29, 1.82) is 0 Å². The second kappa shape index (κ2) is 9.11. The van der Waals surface area contributed by atoms with Crippen LogP contribution >= 0.6 is 15.9 Å². The number of sulfonamides is 1. The Morgan fingerprint density at radius 1 is 1.16 bits per heavy atom. The van der Waals surface area contributed by atoms with Crippen LogP contribution in [0.15, 0.2) is 51.8 Å². The SMILES string of the molecule is COC(=O)C(C)(C[C@H]1CN(S(=O)(=O)c2cccc(C)c2)c2cc(Br)ccc2O1)C(=O)OC. The Labute approximate surface area is 195 Å². The zero-order valence-electron chi connectivity index (χ0n) is 18.1. The van der Waals surface area contributed by atoms with Crippen molar-refractivity contribution in [3.8, 4) is 5.75 Å². The molecule has 2 aromatic carbocycles. The fourth-order valence-electron chi connectivity index (χ4n) is 3.68. The lowest BCUT2D eigenvalue weighted by Crippen LogP contribution is -2.49. The van der Waals surface area contributed by atoms with Crippen molar-refractivity contribution in [3.63, 3.8) is 0 Å². The molecule has 0 spiro atoms. The number of anilines is 1. The summed E-state index contributed by atoms with van der Waals surface area (Å²) in [6.45, 7) is 3.09. The van der Waals surface area contributed by atoms with Crippen molar-refractivity contribution in [2.45, 2.75) is 31.3 Å². The first-order valence-corrected chi connectivity index (χ1v) is 12.0. The van der Waals surface area contributed by atoms with E-state index in [1.807, 2.05) is 13.0 Å². The van der Waals surface area contributed by atoms with E-state index in [9.17, 15) is 18.0 Å². The lowest BCUT2D eigenvalue weighted by Gasteiger charge is -2.38. The molecule has 0 amide bonds. The summed E-state index contributed by atoms with van der Waals surface area (Å²) in [5, 5.41) is 0. The average Bonchev–Trinajstić information content (AvgIpc) is 2.77. The minimum Gasteiger partial charge on any atom is -0.486 e. The van der Waals surface area contributed by atoms with Crippen LogP contribution in [-0.4, -0.2) is 47.2 Å². The van der Waals surface area contributed by atoms with Gasteiger partial charge in [0.25, 0.3) is 10.0 Å². The molecule has 0 aliphatic carbocycles. The van der Waals surface area contributed by atoms with Crippen LogP contribution in [0.2, 0.25) is 0 Å². The maximum atomic E-state index is 13.6. The highest BCUT2D eigenvalue weighted by atomic mass is 79.9. The number of aryl methyl sites for hydroxylation is 1. The Bertz CT molecular complexity index is 1130. The highest BCUT2D eigenvalue weighted by Crippen LogP contribution is 2.41. The van der Waals surface area contributed by atoms with E-state index in [2.05, 4.69) is 15.9 Å². The van der Waals surface area contributed by atoms with Crippen molar-refractivity contribution in [3.05, 3.63) is 52.5 Å². The van der Waals surface area contributed by atoms with Crippen LogP contribution < -0.4 is 9.04 Å². The summed E-state index contributed by atoms with van der Waals surface area (Å²) in [7, 11) is -1.61. The molecule has 3 rings (SSSR count). The molecule has 0 saturated carbocycles. The number of benzene rings is 2. The monoisotopic (exact) mass is 525 g/mol. The van der Waals surface area contributed by atoms with Gasteiger partial charge >= 0.3 is 11.9 Å². The number of halogens is 1. The summed E-state index contributed by atoms with van der Waals surface area (Å²) in [6.07, 6.45) is -0.951. The molecule has 0 N–H and O–H groups in total. The number of carbonyl (C=O) groups is 2. The summed E-state index contributed by atoms with van der Waals surface area (Å²) in [4.78, 5) is 25.0. The predicted octanol–water partition coefficient (Wildman–Crippen LogP) is 3.46. The van der Waals surface area contributed by atoms with Crippen LogP contribution in [0.5, 0.6) is 5.75 Å². The molecular weight excluding hydrogens is 502 g/mol. The fourth-order valence-corrected chi connectivity index (χ4v) is 5.63. The Balaban J connectivity index is 2.06. The molecule has 0 bridgehead atoms. The topological polar surface area (TPSA) is 99.2 Å². The zero-order valence-corrected chi connectivity index (χ0v) is 20.5. The second-order valence-corrected chi connectivity index (χ2v) is 10.5. The van der Waals surface area contributed by atoms with Gasteiger partial charge in [0, 0.05) is 10.9 Å². The lowest BCUT2D eigenvalue weighted by molar-refractivity contribution is -0.169. The van der Waals surface area contributed by atoms with E-state index in [0.717, 1.165) is 5.56 Å². The van der Waals surface area contributed by atoms with Crippen molar-refractivity contribution in [2.75, 3.05) is 25.1 Å². The van der Waals surface area contributed by atoms with E-state index in [0.29, 0.717) is 15.9 Å². The number of methoxy groups -OCH3 is 2. The van der Waals surface area contributed by atoms with E-state index in [4.69, 9.17) is 14.2 Å². The number of rotatable bonds is 6. The molecule has 1 aliphatic rings. The van der Waals surface area contributed by atoms with Gasteiger partial charge in [0.05, 0.1) is 31.3 Å². The summed E-state index contributed by atoms with van der Waals surface area (Å²) in [5.41, 5.74) is -0.510. The van der Waals surface area contributed by atoms with Crippen LogP contribution in [0, 0.1) is 12.3 Å². The minimum absolute atomic E-state index is 0.108. The van der Waals surface area contributed by atoms with Gasteiger partial charge < -0.3 is 14.2 Å². The van der Waals surface area contributed by atoms with Gasteiger partial charge in [-0.15, -0.1) is 0 Å². The summed E-state index contributed by atoms with van der Waals surface area (Å²) in [6, 6.07) is 11.6. The second-order valence-electron chi connectivity index (χ2n) is 7.72. The van der Waals surface area contributed by atoms with Gasteiger partial charge in [-0.05, 0) is 49.7 Å². The molecule has 0 fully saturated rings. The number of hydrogen-bond acceptors (Lipinski definition) is 7. The van der Waals surface area contributed by atoms with Crippen molar-refractivity contribution < 1.29 is 32.2 Å². The predicted molar refractivity (Wildman–Crippen MR) is 121 cm³/mol. The maximum Gasteiger partial charge on any atom is 0.323 e. The quantitative estimate of drug-likeness (QED) is 0.420. The van der Waals surface area contributed by atoms with Crippen molar-refractivity contribution in [1.82, 2.24) is 0 Å². The number of ether oxygens (including phenoxy) is 3. The number of nitrogens with zero attached hydrogens (tertiary/aromatic N) is 1. The zero-order chi connectivity index (χ0) is 23.7. The standard InChI is InChI=1S/C22H24BrNO7S/c1-14-6-5-7-17(10-14)32(27,28)24-13-16(31-19-9-8-15(23)11-18(19)24)12-22(2,20(25)29-3)21(26)30-4/h5-11,16H,12-13H2,1-4H3/t16-/m0/s1. The van der Waals surface area contributed by atoms with Crippen LogP contribution in [0.1, 0.15) is 18.9 Å². The minimum atomic E-state index is -3.95. The lowest BCUT2D eigenvalue weighted by atomic mass is 9.84. The molecular formula is C22H24BrNO7S. The fraction of sp³-hybridized carbons (Fsp3) is 0.364. The largest absolute Gasteiger partial charge is 0.486 e. The van der Waals surface area contributed by atoms with E-state index in [1.165, 1.54) is 31.5 Å². The molecule has 0 saturated heterocycles. The molecule has 8 nitrogen and oxygen atoms in total. The summed E-state index contributed by atoms with van der Waals surface area (Å²) in [5.74, 6) is -1.26.